The molecule has 70 valence electrons. The molecule has 0 saturated heterocycles. The van der Waals surface area contributed by atoms with Gasteiger partial charge in [-0.2, -0.15) is 0 Å². The maximum Gasteiger partial charge on any atom is 0.0280 e. The van der Waals surface area contributed by atoms with E-state index in [9.17, 15) is 0 Å². The predicted molar refractivity (Wildman–Crippen MR) is 65.0 cm³/mol. The lowest BCUT2D eigenvalue weighted by molar-refractivity contribution is 1.17. The van der Waals surface area contributed by atoms with E-state index in [4.69, 9.17) is 0 Å². The van der Waals surface area contributed by atoms with Gasteiger partial charge in [0, 0.05) is 20.5 Å². The van der Waals surface area contributed by atoms with E-state index in [1.165, 1.54) is 27.8 Å². The van der Waals surface area contributed by atoms with E-state index in [0.717, 1.165) is 0 Å². The van der Waals surface area contributed by atoms with Crippen molar-refractivity contribution in [2.75, 3.05) is 0 Å². The zero-order valence-electron chi connectivity index (χ0n) is 8.94. The first-order valence-corrected chi connectivity index (χ1v) is 5.79. The van der Waals surface area contributed by atoms with E-state index in [2.05, 4.69) is 53.9 Å². The Balaban J connectivity index is 3.52. The van der Waals surface area contributed by atoms with Gasteiger partial charge >= 0.3 is 0 Å². The summed E-state index contributed by atoms with van der Waals surface area (Å²) in [5, 5.41) is 0.183. The van der Waals surface area contributed by atoms with Crippen LogP contribution in [0.3, 0.4) is 0 Å². The summed E-state index contributed by atoms with van der Waals surface area (Å²) in [6, 6.07) is 2.18. The Bertz CT molecular complexity index is 365. The van der Waals surface area contributed by atoms with Crippen LogP contribution in [-0.4, -0.2) is 20.5 Å². The number of hydrogen-bond acceptors (Lipinski definition) is 0. The normalized spacial score (nSPS) is 10.7. The van der Waals surface area contributed by atoms with E-state index in [-0.39, 0.29) is 5.16 Å². The minimum absolute atomic E-state index is 0.183. The van der Waals surface area contributed by atoms with Gasteiger partial charge in [-0.1, -0.05) is 18.7 Å². The van der Waals surface area contributed by atoms with Crippen LogP contribution in [-0.2, 0) is 0 Å². The Morgan fingerprint density at radius 3 is 2.21 bits per heavy atom. The molecule has 0 atom stereocenters. The average Bonchev–Trinajstić information content (AvgIpc) is 2.12. The van der Waals surface area contributed by atoms with Crippen LogP contribution in [0.4, 0.5) is 0 Å². The van der Waals surface area contributed by atoms with Gasteiger partial charge in [-0.15, -0.1) is 0 Å². The third-order valence-electron chi connectivity index (χ3n) is 2.75. The molecule has 0 bridgehead atoms. The van der Waals surface area contributed by atoms with Crippen molar-refractivity contribution in [3.8, 4) is 0 Å². The summed E-state index contributed by atoms with van der Waals surface area (Å²) in [4.78, 5) is 0. The molecule has 2 heteroatoms. The van der Waals surface area contributed by atoms with Crippen LogP contribution in [0.25, 0.3) is 6.08 Å². The minimum Gasteiger partial charge on any atom is -0.0985 e. The lowest BCUT2D eigenvalue weighted by Crippen LogP contribution is -2.05. The molecule has 1 rings (SSSR count). The zero-order chi connectivity index (χ0) is 10.9. The molecule has 0 aliphatic rings. The highest BCUT2D eigenvalue weighted by Crippen LogP contribution is 2.26. The second kappa shape index (κ2) is 4.28. The molecule has 0 aromatic heterocycles. The maximum atomic E-state index is 3.84. The van der Waals surface area contributed by atoms with E-state index in [1.54, 1.807) is 0 Å². The lowest BCUT2D eigenvalue weighted by atomic mass is 9.94. The fraction of sp³-hybridized carbons (Fsp3) is 0.333. The first-order valence-electron chi connectivity index (χ1n) is 4.64. The summed E-state index contributed by atoms with van der Waals surface area (Å²) in [5.41, 5.74) is 6.47. The van der Waals surface area contributed by atoms with Crippen molar-refractivity contribution < 1.29 is 0 Å². The second-order valence-corrected chi connectivity index (χ2v) is 5.32. The first-order chi connectivity index (χ1) is 6.49. The smallest absolute Gasteiger partial charge is 0.0280 e. The van der Waals surface area contributed by atoms with Crippen LogP contribution >= 0.6 is 0 Å². The molecular weight excluding hydrogens is 200 g/mol. The molecule has 0 aliphatic carbocycles. The Labute approximate surface area is 93.3 Å². The lowest BCUT2D eigenvalue weighted by Gasteiger charge is -2.17. The Morgan fingerprint density at radius 2 is 1.79 bits per heavy atom. The predicted octanol–water partition coefficient (Wildman–Crippen LogP) is 2.59. The van der Waals surface area contributed by atoms with Crippen LogP contribution in [0.2, 0.25) is 0 Å². The van der Waals surface area contributed by atoms with Crippen molar-refractivity contribution in [2.24, 2.45) is 0 Å². The Hall–Kier alpha value is -0.606. The SMILES string of the molecule is C=Cc1cc(C)c(C)c(C)c1C([Si])[Si]. The Kier molecular flexibility index (Phi) is 3.50. The summed E-state index contributed by atoms with van der Waals surface area (Å²) < 4.78 is 0. The van der Waals surface area contributed by atoms with Gasteiger partial charge < -0.3 is 0 Å². The molecule has 0 N–H and O–H groups in total. The summed E-state index contributed by atoms with van der Waals surface area (Å²) in [6.45, 7) is 10.3. The van der Waals surface area contributed by atoms with E-state index in [0.29, 0.717) is 0 Å². The highest BCUT2D eigenvalue weighted by atomic mass is 28.2. The first kappa shape index (κ1) is 11.5. The number of benzene rings is 1. The molecule has 0 fully saturated rings. The molecule has 1 aromatic carbocycles. The van der Waals surface area contributed by atoms with E-state index < -0.39 is 0 Å². The third kappa shape index (κ3) is 1.91. The van der Waals surface area contributed by atoms with Crippen molar-refractivity contribution in [1.82, 2.24) is 0 Å². The zero-order valence-corrected chi connectivity index (χ0v) is 10.9. The topological polar surface area (TPSA) is 0 Å². The van der Waals surface area contributed by atoms with Gasteiger partial charge in [-0.3, -0.25) is 0 Å². The highest BCUT2D eigenvalue weighted by molar-refractivity contribution is 6.36. The monoisotopic (exact) mass is 214 g/mol. The van der Waals surface area contributed by atoms with Crippen LogP contribution < -0.4 is 0 Å². The van der Waals surface area contributed by atoms with Crippen LogP contribution in [0.15, 0.2) is 12.6 Å². The fourth-order valence-electron chi connectivity index (χ4n) is 1.69. The van der Waals surface area contributed by atoms with Crippen molar-refractivity contribution in [2.45, 2.75) is 25.9 Å². The van der Waals surface area contributed by atoms with Gasteiger partial charge in [0.25, 0.3) is 0 Å². The molecule has 14 heavy (non-hydrogen) atoms. The molecule has 1 aromatic rings. The second-order valence-electron chi connectivity index (χ2n) is 3.58. The van der Waals surface area contributed by atoms with Crippen molar-refractivity contribution in [1.29, 1.82) is 0 Å². The highest BCUT2D eigenvalue weighted by Gasteiger charge is 2.11. The third-order valence-corrected chi connectivity index (χ3v) is 3.33. The summed E-state index contributed by atoms with van der Waals surface area (Å²) >= 11 is 0. The molecule has 0 unspecified atom stereocenters. The summed E-state index contributed by atoms with van der Waals surface area (Å²) in [7, 11) is 7.20. The van der Waals surface area contributed by atoms with Crippen molar-refractivity contribution >= 4 is 26.6 Å². The van der Waals surface area contributed by atoms with Crippen LogP contribution in [0, 0.1) is 20.8 Å². The standard InChI is InChI=1S/C12H14Si2/c1-5-10-6-7(2)8(3)9(4)11(10)12(13)14/h5-6,12H,1H2,2-4H3. The molecule has 0 amide bonds. The molecule has 0 nitrogen and oxygen atoms in total. The maximum absolute atomic E-state index is 3.84. The Morgan fingerprint density at radius 1 is 1.21 bits per heavy atom. The van der Waals surface area contributed by atoms with Gasteiger partial charge in [0.15, 0.2) is 0 Å². The quantitative estimate of drug-likeness (QED) is 0.664. The van der Waals surface area contributed by atoms with Gasteiger partial charge in [-0.05, 0) is 53.8 Å². The molecular formula is C12H14Si2. The van der Waals surface area contributed by atoms with Crippen molar-refractivity contribution in [3.63, 3.8) is 0 Å². The molecule has 0 aliphatic heterocycles. The minimum atomic E-state index is 0.183. The van der Waals surface area contributed by atoms with Crippen LogP contribution in [0.1, 0.15) is 33.0 Å². The van der Waals surface area contributed by atoms with Gasteiger partial charge in [0.2, 0.25) is 0 Å². The van der Waals surface area contributed by atoms with Gasteiger partial charge in [-0.25, -0.2) is 0 Å². The largest absolute Gasteiger partial charge is 0.0985 e. The molecule has 0 saturated carbocycles. The molecule has 0 spiro atoms. The molecule has 0 heterocycles. The van der Waals surface area contributed by atoms with E-state index >= 15 is 0 Å². The van der Waals surface area contributed by atoms with Crippen molar-refractivity contribution in [3.05, 3.63) is 40.5 Å². The number of hydrogen-bond donors (Lipinski definition) is 0. The van der Waals surface area contributed by atoms with Gasteiger partial charge in [0.05, 0.1) is 0 Å². The van der Waals surface area contributed by atoms with E-state index in [1.807, 2.05) is 6.08 Å². The average molecular weight is 214 g/mol. The summed E-state index contributed by atoms with van der Waals surface area (Å²) in [6.07, 6.45) is 1.90. The number of aryl methyl sites for hydroxylation is 1. The fourth-order valence-corrected chi connectivity index (χ4v) is 2.45. The molecule has 6 radical (unpaired) electrons. The van der Waals surface area contributed by atoms with Crippen LogP contribution in [0.5, 0.6) is 0 Å². The summed E-state index contributed by atoms with van der Waals surface area (Å²) in [5.74, 6) is 0. The van der Waals surface area contributed by atoms with Gasteiger partial charge in [0.1, 0.15) is 0 Å². The number of rotatable bonds is 2.